The Morgan fingerprint density at radius 2 is 2.21 bits per heavy atom. The van der Waals surface area contributed by atoms with Crippen LogP contribution in [-0.4, -0.2) is 12.0 Å². The first-order valence-corrected chi connectivity index (χ1v) is 7.85. The number of benzene rings is 1. The summed E-state index contributed by atoms with van der Waals surface area (Å²) in [6.07, 6.45) is 4.09. The van der Waals surface area contributed by atoms with Gasteiger partial charge in [0.2, 0.25) is 0 Å². The standard InChI is InChI=1S/C16H20N2S/c1-11-18-15(10-19-11)16(17-2)14-8-4-7-13(9-14)12-5-3-6-12/h4,7-10,12,16-17H,3,5-6H2,1-2H3. The van der Waals surface area contributed by atoms with Crippen LogP contribution in [-0.2, 0) is 0 Å². The molecule has 1 N–H and O–H groups in total. The SMILES string of the molecule is CNC(c1cccc(C2CCC2)c1)c1csc(C)n1. The molecule has 1 fully saturated rings. The van der Waals surface area contributed by atoms with Gasteiger partial charge < -0.3 is 5.32 Å². The second-order valence-electron chi connectivity index (χ2n) is 5.31. The van der Waals surface area contributed by atoms with Crippen molar-refractivity contribution in [3.05, 3.63) is 51.5 Å². The lowest BCUT2D eigenvalue weighted by atomic mass is 9.79. The third-order valence-electron chi connectivity index (χ3n) is 4.04. The van der Waals surface area contributed by atoms with Crippen LogP contribution in [0.3, 0.4) is 0 Å². The van der Waals surface area contributed by atoms with Crippen LogP contribution < -0.4 is 5.32 Å². The summed E-state index contributed by atoms with van der Waals surface area (Å²) in [6, 6.07) is 9.24. The van der Waals surface area contributed by atoms with Crippen molar-refractivity contribution in [1.82, 2.24) is 10.3 Å². The second-order valence-corrected chi connectivity index (χ2v) is 6.37. The van der Waals surface area contributed by atoms with Crippen LogP contribution in [0.2, 0.25) is 0 Å². The summed E-state index contributed by atoms with van der Waals surface area (Å²) in [6.45, 7) is 2.06. The van der Waals surface area contributed by atoms with Crippen molar-refractivity contribution in [3.63, 3.8) is 0 Å². The topological polar surface area (TPSA) is 24.9 Å². The van der Waals surface area contributed by atoms with Crippen LogP contribution in [0, 0.1) is 6.92 Å². The van der Waals surface area contributed by atoms with E-state index in [0.29, 0.717) is 0 Å². The van der Waals surface area contributed by atoms with Gasteiger partial charge in [-0.25, -0.2) is 4.98 Å². The van der Waals surface area contributed by atoms with Crippen molar-refractivity contribution in [2.75, 3.05) is 7.05 Å². The van der Waals surface area contributed by atoms with Crippen LogP contribution in [0.4, 0.5) is 0 Å². The van der Waals surface area contributed by atoms with Crippen molar-refractivity contribution in [3.8, 4) is 0 Å². The summed E-state index contributed by atoms with van der Waals surface area (Å²) >= 11 is 1.72. The highest BCUT2D eigenvalue weighted by atomic mass is 32.1. The van der Waals surface area contributed by atoms with Gasteiger partial charge in [-0.15, -0.1) is 11.3 Å². The number of aryl methyl sites for hydroxylation is 1. The zero-order chi connectivity index (χ0) is 13.2. The van der Waals surface area contributed by atoms with Crippen LogP contribution in [0.5, 0.6) is 0 Å². The molecule has 19 heavy (non-hydrogen) atoms. The Balaban J connectivity index is 1.90. The molecule has 0 bridgehead atoms. The summed E-state index contributed by atoms with van der Waals surface area (Å²) in [5.74, 6) is 0.787. The number of nitrogens with one attached hydrogen (secondary N) is 1. The van der Waals surface area contributed by atoms with Gasteiger partial charge in [-0.1, -0.05) is 30.7 Å². The van der Waals surface area contributed by atoms with Gasteiger partial charge in [0.25, 0.3) is 0 Å². The zero-order valence-corrected chi connectivity index (χ0v) is 12.3. The number of nitrogens with zero attached hydrogens (tertiary/aromatic N) is 1. The molecule has 100 valence electrons. The van der Waals surface area contributed by atoms with Gasteiger partial charge in [0, 0.05) is 5.38 Å². The summed E-state index contributed by atoms with van der Waals surface area (Å²) in [5, 5.41) is 6.68. The van der Waals surface area contributed by atoms with Crippen molar-refractivity contribution >= 4 is 11.3 Å². The van der Waals surface area contributed by atoms with E-state index in [1.807, 2.05) is 7.05 Å². The Kier molecular flexibility index (Phi) is 3.67. The fourth-order valence-corrected chi connectivity index (χ4v) is 3.37. The van der Waals surface area contributed by atoms with Gasteiger partial charge in [-0.3, -0.25) is 0 Å². The molecule has 1 aliphatic carbocycles. The van der Waals surface area contributed by atoms with Crippen molar-refractivity contribution in [2.24, 2.45) is 0 Å². The Hall–Kier alpha value is -1.19. The highest BCUT2D eigenvalue weighted by Crippen LogP contribution is 2.37. The van der Waals surface area contributed by atoms with E-state index in [0.717, 1.165) is 16.6 Å². The molecule has 1 atom stereocenters. The predicted molar refractivity (Wildman–Crippen MR) is 80.8 cm³/mol. The molecule has 1 aromatic carbocycles. The maximum atomic E-state index is 4.62. The Morgan fingerprint density at radius 1 is 1.37 bits per heavy atom. The molecule has 0 saturated heterocycles. The Morgan fingerprint density at radius 3 is 2.79 bits per heavy atom. The summed E-state index contributed by atoms with van der Waals surface area (Å²) < 4.78 is 0. The van der Waals surface area contributed by atoms with Crippen molar-refractivity contribution < 1.29 is 0 Å². The summed E-state index contributed by atoms with van der Waals surface area (Å²) in [4.78, 5) is 4.62. The second kappa shape index (κ2) is 5.43. The normalized spacial score (nSPS) is 17.2. The van der Waals surface area contributed by atoms with Gasteiger partial charge >= 0.3 is 0 Å². The van der Waals surface area contributed by atoms with Crippen LogP contribution >= 0.6 is 11.3 Å². The molecule has 3 rings (SSSR count). The fourth-order valence-electron chi connectivity index (χ4n) is 2.73. The largest absolute Gasteiger partial charge is 0.308 e. The van der Waals surface area contributed by atoms with Gasteiger partial charge in [-0.05, 0) is 43.9 Å². The Labute approximate surface area is 118 Å². The number of hydrogen-bond donors (Lipinski definition) is 1. The number of hydrogen-bond acceptors (Lipinski definition) is 3. The van der Waals surface area contributed by atoms with Gasteiger partial charge in [-0.2, -0.15) is 0 Å². The number of rotatable bonds is 4. The summed E-state index contributed by atoms with van der Waals surface area (Å²) in [7, 11) is 2.01. The molecule has 0 aliphatic heterocycles. The zero-order valence-electron chi connectivity index (χ0n) is 11.5. The lowest BCUT2D eigenvalue weighted by Gasteiger charge is -2.27. The monoisotopic (exact) mass is 272 g/mol. The van der Waals surface area contributed by atoms with Crippen LogP contribution in [0.25, 0.3) is 0 Å². The molecule has 2 aromatic rings. The van der Waals surface area contributed by atoms with Gasteiger partial charge in [0.1, 0.15) is 0 Å². The van der Waals surface area contributed by atoms with E-state index in [4.69, 9.17) is 0 Å². The Bertz CT molecular complexity index is 557. The quantitative estimate of drug-likeness (QED) is 0.909. The maximum absolute atomic E-state index is 4.62. The van der Waals surface area contributed by atoms with Crippen LogP contribution in [0.1, 0.15) is 53.1 Å². The summed E-state index contributed by atoms with van der Waals surface area (Å²) in [5.41, 5.74) is 3.96. The molecule has 0 spiro atoms. The predicted octanol–water partition coefficient (Wildman–Crippen LogP) is 4.03. The molecule has 1 saturated carbocycles. The fraction of sp³-hybridized carbons (Fsp3) is 0.438. The average Bonchev–Trinajstić information content (AvgIpc) is 2.75. The van der Waals surface area contributed by atoms with E-state index < -0.39 is 0 Å². The van der Waals surface area contributed by atoms with E-state index in [2.05, 4.69) is 46.9 Å². The molecular weight excluding hydrogens is 252 g/mol. The van der Waals surface area contributed by atoms with E-state index >= 15 is 0 Å². The minimum absolute atomic E-state index is 0.213. The molecule has 1 aromatic heterocycles. The molecule has 1 aliphatic rings. The first-order valence-electron chi connectivity index (χ1n) is 6.97. The van der Waals surface area contributed by atoms with E-state index in [1.165, 1.54) is 30.4 Å². The number of aromatic nitrogens is 1. The lowest BCUT2D eigenvalue weighted by Crippen LogP contribution is -2.19. The minimum atomic E-state index is 0.213. The van der Waals surface area contributed by atoms with Gasteiger partial charge in [0.05, 0.1) is 16.7 Å². The van der Waals surface area contributed by atoms with Crippen molar-refractivity contribution in [2.45, 2.75) is 38.1 Å². The van der Waals surface area contributed by atoms with Crippen molar-refractivity contribution in [1.29, 1.82) is 0 Å². The van der Waals surface area contributed by atoms with Gasteiger partial charge in [0.15, 0.2) is 0 Å². The molecule has 1 unspecified atom stereocenters. The molecular formula is C16H20N2S. The maximum Gasteiger partial charge on any atom is 0.0898 e. The molecule has 2 nitrogen and oxygen atoms in total. The van der Waals surface area contributed by atoms with E-state index in [1.54, 1.807) is 11.3 Å². The third kappa shape index (κ3) is 2.58. The molecule has 3 heteroatoms. The van der Waals surface area contributed by atoms with Crippen LogP contribution in [0.15, 0.2) is 29.6 Å². The van der Waals surface area contributed by atoms with E-state index in [9.17, 15) is 0 Å². The first kappa shape index (κ1) is 12.8. The highest BCUT2D eigenvalue weighted by Gasteiger charge is 2.21. The lowest BCUT2D eigenvalue weighted by molar-refractivity contribution is 0.419. The highest BCUT2D eigenvalue weighted by molar-refractivity contribution is 7.09. The third-order valence-corrected chi connectivity index (χ3v) is 4.83. The molecule has 1 heterocycles. The first-order chi connectivity index (χ1) is 9.28. The minimum Gasteiger partial charge on any atom is -0.308 e. The van der Waals surface area contributed by atoms with E-state index in [-0.39, 0.29) is 6.04 Å². The average molecular weight is 272 g/mol. The molecule has 0 amide bonds. The smallest absolute Gasteiger partial charge is 0.0898 e. The number of thiazole rings is 1. The molecule has 0 radical (unpaired) electrons.